The summed E-state index contributed by atoms with van der Waals surface area (Å²) in [5, 5.41) is 3.31. The van der Waals surface area contributed by atoms with Crippen molar-refractivity contribution in [2.75, 3.05) is 11.9 Å². The lowest BCUT2D eigenvalue weighted by Crippen LogP contribution is -2.07. The van der Waals surface area contributed by atoms with E-state index < -0.39 is 0 Å². The first-order valence-corrected chi connectivity index (χ1v) is 7.45. The van der Waals surface area contributed by atoms with Crippen molar-refractivity contribution in [3.05, 3.63) is 42.0 Å². The van der Waals surface area contributed by atoms with Crippen LogP contribution in [0.4, 0.5) is 5.82 Å². The van der Waals surface area contributed by atoms with Gasteiger partial charge < -0.3 is 10.1 Å². The highest BCUT2D eigenvalue weighted by molar-refractivity contribution is 5.39. The summed E-state index contributed by atoms with van der Waals surface area (Å²) in [5.41, 5.74) is 1.11. The van der Waals surface area contributed by atoms with Gasteiger partial charge in [0.15, 0.2) is 0 Å². The Hall–Kier alpha value is -2.17. The highest BCUT2D eigenvalue weighted by atomic mass is 16.5. The zero-order valence-electron chi connectivity index (χ0n) is 12.7. The van der Waals surface area contributed by atoms with Crippen molar-refractivity contribution in [3.8, 4) is 5.88 Å². The number of aryl methyl sites for hydroxylation is 1. The fraction of sp³-hybridized carbons (Fsp3) is 0.438. The lowest BCUT2D eigenvalue weighted by atomic mass is 10.3. The molecule has 0 saturated heterocycles. The van der Waals surface area contributed by atoms with Crippen LogP contribution in [0.2, 0.25) is 0 Å². The lowest BCUT2D eigenvalue weighted by molar-refractivity contribution is 0.303. The van der Waals surface area contributed by atoms with Gasteiger partial charge in [-0.05, 0) is 24.5 Å². The van der Waals surface area contributed by atoms with E-state index in [1.54, 1.807) is 6.20 Å². The third kappa shape index (κ3) is 5.02. The minimum absolute atomic E-state index is 0.643. The van der Waals surface area contributed by atoms with E-state index in [0.717, 1.165) is 36.5 Å². The first-order valence-electron chi connectivity index (χ1n) is 7.45. The molecule has 2 aromatic rings. The molecule has 0 bridgehead atoms. The molecule has 5 heteroatoms. The van der Waals surface area contributed by atoms with Crippen LogP contribution in [0.15, 0.2) is 30.6 Å². The van der Waals surface area contributed by atoms with E-state index in [-0.39, 0.29) is 0 Å². The van der Waals surface area contributed by atoms with Gasteiger partial charge in [-0.2, -0.15) is 4.98 Å². The van der Waals surface area contributed by atoms with Crippen LogP contribution in [0, 0.1) is 0 Å². The molecule has 0 aromatic carbocycles. The third-order valence-corrected chi connectivity index (χ3v) is 2.87. The second-order valence-electron chi connectivity index (χ2n) is 4.82. The monoisotopic (exact) mass is 286 g/mol. The Morgan fingerprint density at radius 2 is 2.10 bits per heavy atom. The average molecular weight is 286 g/mol. The summed E-state index contributed by atoms with van der Waals surface area (Å²) in [7, 11) is 0. The highest BCUT2D eigenvalue weighted by Crippen LogP contribution is 2.15. The molecule has 5 nitrogen and oxygen atoms in total. The molecule has 0 unspecified atom stereocenters. The Morgan fingerprint density at radius 1 is 1.19 bits per heavy atom. The number of pyridine rings is 1. The molecule has 0 amide bonds. The number of nitrogens with one attached hydrogen (secondary N) is 1. The van der Waals surface area contributed by atoms with Gasteiger partial charge in [-0.1, -0.05) is 19.9 Å². The molecule has 21 heavy (non-hydrogen) atoms. The number of aromatic nitrogens is 3. The molecule has 0 radical (unpaired) electrons. The van der Waals surface area contributed by atoms with Crippen LogP contribution in [0.3, 0.4) is 0 Å². The van der Waals surface area contributed by atoms with Crippen LogP contribution in [0.5, 0.6) is 5.88 Å². The first kappa shape index (κ1) is 15.2. The second kappa shape index (κ2) is 8.19. The number of hydrogen-bond donors (Lipinski definition) is 1. The number of rotatable bonds is 8. The summed E-state index contributed by atoms with van der Waals surface area (Å²) in [6, 6.07) is 5.81. The van der Waals surface area contributed by atoms with Crippen LogP contribution in [0.1, 0.15) is 38.1 Å². The maximum atomic E-state index is 5.63. The average Bonchev–Trinajstić information content (AvgIpc) is 2.52. The van der Waals surface area contributed by atoms with E-state index in [1.807, 2.05) is 24.4 Å². The van der Waals surface area contributed by atoms with Crippen LogP contribution >= 0.6 is 0 Å². The fourth-order valence-electron chi connectivity index (χ4n) is 1.87. The normalized spacial score (nSPS) is 10.4. The van der Waals surface area contributed by atoms with Gasteiger partial charge in [-0.15, -0.1) is 0 Å². The Labute approximate surface area is 125 Å². The van der Waals surface area contributed by atoms with Crippen molar-refractivity contribution in [1.29, 1.82) is 0 Å². The van der Waals surface area contributed by atoms with Gasteiger partial charge in [-0.3, -0.25) is 4.98 Å². The zero-order valence-corrected chi connectivity index (χ0v) is 12.7. The Balaban J connectivity index is 2.07. The third-order valence-electron chi connectivity index (χ3n) is 2.87. The summed E-state index contributed by atoms with van der Waals surface area (Å²) in [4.78, 5) is 13.1. The number of nitrogens with zero attached hydrogens (tertiary/aromatic N) is 3. The van der Waals surface area contributed by atoms with Crippen molar-refractivity contribution in [2.45, 2.75) is 39.7 Å². The molecule has 0 saturated carbocycles. The topological polar surface area (TPSA) is 59.9 Å². The molecular weight excluding hydrogens is 264 g/mol. The van der Waals surface area contributed by atoms with Gasteiger partial charge in [0.1, 0.15) is 11.6 Å². The van der Waals surface area contributed by atoms with Crippen LogP contribution in [0.25, 0.3) is 0 Å². The van der Waals surface area contributed by atoms with Crippen molar-refractivity contribution in [2.24, 2.45) is 0 Å². The molecule has 1 N–H and O–H groups in total. The van der Waals surface area contributed by atoms with Crippen molar-refractivity contribution in [1.82, 2.24) is 15.0 Å². The van der Waals surface area contributed by atoms with Gasteiger partial charge in [-0.25, -0.2) is 4.98 Å². The van der Waals surface area contributed by atoms with E-state index in [0.29, 0.717) is 19.0 Å². The van der Waals surface area contributed by atoms with E-state index in [2.05, 4.69) is 34.1 Å². The Bertz CT molecular complexity index is 545. The molecule has 0 fully saturated rings. The minimum atomic E-state index is 0.643. The van der Waals surface area contributed by atoms with Crippen LogP contribution < -0.4 is 10.1 Å². The molecule has 0 atom stereocenters. The lowest BCUT2D eigenvalue weighted by Gasteiger charge is -2.10. The van der Waals surface area contributed by atoms with E-state index in [1.165, 1.54) is 0 Å². The number of hydrogen-bond acceptors (Lipinski definition) is 5. The van der Waals surface area contributed by atoms with Crippen molar-refractivity contribution >= 4 is 5.82 Å². The smallest absolute Gasteiger partial charge is 0.218 e. The quantitative estimate of drug-likeness (QED) is 0.807. The second-order valence-corrected chi connectivity index (χ2v) is 4.82. The zero-order chi connectivity index (χ0) is 14.9. The summed E-state index contributed by atoms with van der Waals surface area (Å²) in [5.74, 6) is 2.26. The van der Waals surface area contributed by atoms with Crippen LogP contribution in [-0.2, 0) is 13.0 Å². The molecule has 0 aliphatic rings. The molecule has 2 heterocycles. The number of ether oxygens (including phenoxy) is 1. The maximum absolute atomic E-state index is 5.63. The molecule has 0 aliphatic carbocycles. The highest BCUT2D eigenvalue weighted by Gasteiger charge is 2.05. The molecule has 2 aromatic heterocycles. The SMILES string of the molecule is CCCOc1cc(NCc2cccnc2)nc(CCC)n1. The Morgan fingerprint density at radius 3 is 2.81 bits per heavy atom. The number of anilines is 1. The molecule has 112 valence electrons. The molecule has 0 aliphatic heterocycles. The van der Waals surface area contributed by atoms with Crippen LogP contribution in [-0.4, -0.2) is 21.6 Å². The van der Waals surface area contributed by atoms with Gasteiger partial charge in [0.05, 0.1) is 6.61 Å². The molecule has 0 spiro atoms. The largest absolute Gasteiger partial charge is 0.478 e. The van der Waals surface area contributed by atoms with Crippen molar-refractivity contribution in [3.63, 3.8) is 0 Å². The summed E-state index contributed by atoms with van der Waals surface area (Å²) in [6.45, 7) is 5.55. The molecular formula is C16H22N4O. The predicted octanol–water partition coefficient (Wildman–Crippen LogP) is 3.23. The van der Waals surface area contributed by atoms with E-state index in [4.69, 9.17) is 4.74 Å². The summed E-state index contributed by atoms with van der Waals surface area (Å²) >= 11 is 0. The van der Waals surface area contributed by atoms with Crippen molar-refractivity contribution < 1.29 is 4.74 Å². The van der Waals surface area contributed by atoms with Gasteiger partial charge in [0.25, 0.3) is 0 Å². The van der Waals surface area contributed by atoms with E-state index in [9.17, 15) is 0 Å². The molecule has 2 rings (SSSR count). The van der Waals surface area contributed by atoms with Gasteiger partial charge in [0, 0.05) is 31.4 Å². The summed E-state index contributed by atoms with van der Waals surface area (Å²) < 4.78 is 5.63. The summed E-state index contributed by atoms with van der Waals surface area (Å²) in [6.07, 6.45) is 6.44. The van der Waals surface area contributed by atoms with Gasteiger partial charge >= 0.3 is 0 Å². The first-order chi connectivity index (χ1) is 10.3. The van der Waals surface area contributed by atoms with Gasteiger partial charge in [0.2, 0.25) is 5.88 Å². The van der Waals surface area contributed by atoms with E-state index >= 15 is 0 Å². The predicted molar refractivity (Wildman–Crippen MR) is 83.4 cm³/mol. The minimum Gasteiger partial charge on any atom is -0.478 e. The fourth-order valence-corrected chi connectivity index (χ4v) is 1.87. The standard InChI is InChI=1S/C16H22N4O/c1-3-6-14-19-15(10-16(20-14)21-9-4-2)18-12-13-7-5-8-17-11-13/h5,7-8,10-11H,3-4,6,9,12H2,1-2H3,(H,18,19,20). The Kier molecular flexibility index (Phi) is 5.94. The maximum Gasteiger partial charge on any atom is 0.218 e.